The van der Waals surface area contributed by atoms with Crippen molar-refractivity contribution in [3.63, 3.8) is 0 Å². The third-order valence-electron chi connectivity index (χ3n) is 2.45. The van der Waals surface area contributed by atoms with Gasteiger partial charge >= 0.3 is 0 Å². The molecule has 2 aromatic heterocycles. The minimum Gasteiger partial charge on any atom is -0.439 e. The molecular formula is C13H8N4OS. The first-order chi connectivity index (χ1) is 9.24. The lowest BCUT2D eigenvalue weighted by atomic mass is 10.2. The molecule has 0 bridgehead atoms. The molecule has 19 heavy (non-hydrogen) atoms. The SMILES string of the molecule is N#Cc1ccc(Oc2ccc3nc(N)sc3n2)cc1. The number of ether oxygens (including phenoxy) is 1. The maximum absolute atomic E-state index is 8.72. The Labute approximate surface area is 112 Å². The molecule has 2 heterocycles. The van der Waals surface area contributed by atoms with E-state index < -0.39 is 0 Å². The van der Waals surface area contributed by atoms with Crippen LogP contribution in [-0.4, -0.2) is 9.97 Å². The number of rotatable bonds is 2. The molecule has 2 N–H and O–H groups in total. The van der Waals surface area contributed by atoms with Crippen LogP contribution in [0.1, 0.15) is 5.56 Å². The number of benzene rings is 1. The third-order valence-corrected chi connectivity index (χ3v) is 3.25. The maximum Gasteiger partial charge on any atom is 0.220 e. The molecule has 0 unspecified atom stereocenters. The predicted octanol–water partition coefficient (Wildman–Crippen LogP) is 2.94. The molecule has 3 rings (SSSR count). The molecule has 0 amide bonds. The molecule has 0 aliphatic rings. The van der Waals surface area contributed by atoms with E-state index in [4.69, 9.17) is 15.7 Å². The number of fused-ring (bicyclic) bond motifs is 1. The zero-order valence-electron chi connectivity index (χ0n) is 9.70. The average Bonchev–Trinajstić information content (AvgIpc) is 2.79. The molecule has 0 spiro atoms. The van der Waals surface area contributed by atoms with E-state index in [9.17, 15) is 0 Å². The van der Waals surface area contributed by atoms with Crippen molar-refractivity contribution < 1.29 is 4.74 Å². The molecule has 0 aliphatic heterocycles. The number of hydrogen-bond donors (Lipinski definition) is 1. The van der Waals surface area contributed by atoms with Gasteiger partial charge in [-0.3, -0.25) is 0 Å². The van der Waals surface area contributed by atoms with Crippen LogP contribution in [0.15, 0.2) is 36.4 Å². The lowest BCUT2D eigenvalue weighted by Crippen LogP contribution is -1.87. The lowest BCUT2D eigenvalue weighted by molar-refractivity contribution is 0.465. The fourth-order valence-corrected chi connectivity index (χ4v) is 2.29. The van der Waals surface area contributed by atoms with Crippen LogP contribution in [0.4, 0.5) is 5.13 Å². The van der Waals surface area contributed by atoms with Crippen LogP contribution in [0.2, 0.25) is 0 Å². The average molecular weight is 268 g/mol. The Kier molecular flexibility index (Phi) is 2.74. The first-order valence-corrected chi connectivity index (χ1v) is 6.27. The van der Waals surface area contributed by atoms with Crippen molar-refractivity contribution in [2.24, 2.45) is 0 Å². The molecule has 0 fully saturated rings. The molecule has 6 heteroatoms. The first kappa shape index (κ1) is 11.4. The van der Waals surface area contributed by atoms with E-state index in [1.54, 1.807) is 30.3 Å². The van der Waals surface area contributed by atoms with Gasteiger partial charge in [0, 0.05) is 6.07 Å². The molecule has 92 valence electrons. The van der Waals surface area contributed by atoms with Crippen LogP contribution in [-0.2, 0) is 0 Å². The monoisotopic (exact) mass is 268 g/mol. The van der Waals surface area contributed by atoms with Gasteiger partial charge in [-0.15, -0.1) is 0 Å². The Hall–Kier alpha value is -2.65. The van der Waals surface area contributed by atoms with Crippen molar-refractivity contribution in [3.8, 4) is 17.7 Å². The van der Waals surface area contributed by atoms with Gasteiger partial charge in [-0.05, 0) is 30.3 Å². The highest BCUT2D eigenvalue weighted by Gasteiger charge is 2.05. The van der Waals surface area contributed by atoms with Gasteiger partial charge in [0.25, 0.3) is 0 Å². The van der Waals surface area contributed by atoms with E-state index in [-0.39, 0.29) is 0 Å². The highest BCUT2D eigenvalue weighted by atomic mass is 32.1. The van der Waals surface area contributed by atoms with E-state index >= 15 is 0 Å². The zero-order chi connectivity index (χ0) is 13.2. The lowest BCUT2D eigenvalue weighted by Gasteiger charge is -2.03. The number of nitriles is 1. The molecular weight excluding hydrogens is 260 g/mol. The second kappa shape index (κ2) is 4.55. The predicted molar refractivity (Wildman–Crippen MR) is 73.1 cm³/mol. The molecule has 0 aliphatic carbocycles. The van der Waals surface area contributed by atoms with E-state index in [1.807, 2.05) is 6.07 Å². The number of hydrogen-bond acceptors (Lipinski definition) is 6. The third kappa shape index (κ3) is 2.32. The number of pyridine rings is 1. The Morgan fingerprint density at radius 2 is 1.89 bits per heavy atom. The fraction of sp³-hybridized carbons (Fsp3) is 0. The smallest absolute Gasteiger partial charge is 0.220 e. The number of aromatic nitrogens is 2. The summed E-state index contributed by atoms with van der Waals surface area (Å²) in [7, 11) is 0. The summed E-state index contributed by atoms with van der Waals surface area (Å²) in [5, 5.41) is 9.20. The van der Waals surface area contributed by atoms with Crippen molar-refractivity contribution in [1.82, 2.24) is 9.97 Å². The standard InChI is InChI=1S/C13H8N4OS/c14-7-8-1-3-9(4-2-8)18-11-6-5-10-12(17-11)19-13(15)16-10/h1-6H,(H2,15,16). The molecule has 0 atom stereocenters. The second-order valence-corrected chi connectivity index (χ2v) is 4.77. The quantitative estimate of drug-likeness (QED) is 0.772. The number of nitrogens with two attached hydrogens (primary N) is 1. The minimum atomic E-state index is 0.473. The Morgan fingerprint density at radius 1 is 1.11 bits per heavy atom. The van der Waals surface area contributed by atoms with Crippen LogP contribution in [0.5, 0.6) is 11.6 Å². The molecule has 5 nitrogen and oxygen atoms in total. The number of nitrogen functional groups attached to an aromatic ring is 1. The highest BCUT2D eigenvalue weighted by molar-refractivity contribution is 7.21. The summed E-state index contributed by atoms with van der Waals surface area (Å²) in [4.78, 5) is 9.19. The zero-order valence-corrected chi connectivity index (χ0v) is 10.5. The van der Waals surface area contributed by atoms with Gasteiger partial charge in [0.05, 0.1) is 11.6 Å². The Bertz CT molecular complexity index is 773. The topological polar surface area (TPSA) is 84.8 Å². The minimum absolute atomic E-state index is 0.473. The summed E-state index contributed by atoms with van der Waals surface area (Å²) >= 11 is 1.32. The normalized spacial score (nSPS) is 10.3. The number of nitrogens with zero attached hydrogens (tertiary/aromatic N) is 3. The number of anilines is 1. The summed E-state index contributed by atoms with van der Waals surface area (Å²) in [5.41, 5.74) is 6.97. The van der Waals surface area contributed by atoms with Crippen LogP contribution in [0.25, 0.3) is 10.3 Å². The van der Waals surface area contributed by atoms with Crippen LogP contribution in [0.3, 0.4) is 0 Å². The fourth-order valence-electron chi connectivity index (χ4n) is 1.59. The van der Waals surface area contributed by atoms with Crippen LogP contribution >= 0.6 is 11.3 Å². The van der Waals surface area contributed by atoms with Gasteiger partial charge in [-0.2, -0.15) is 5.26 Å². The molecule has 0 radical (unpaired) electrons. The van der Waals surface area contributed by atoms with Crippen molar-refractivity contribution in [2.75, 3.05) is 5.73 Å². The summed E-state index contributed by atoms with van der Waals surface area (Å²) < 4.78 is 5.61. The van der Waals surface area contributed by atoms with Gasteiger partial charge in [0.2, 0.25) is 5.88 Å². The summed E-state index contributed by atoms with van der Waals surface area (Å²) in [5.74, 6) is 1.10. The first-order valence-electron chi connectivity index (χ1n) is 5.46. The highest BCUT2D eigenvalue weighted by Crippen LogP contribution is 2.26. The summed E-state index contributed by atoms with van der Waals surface area (Å²) in [6.45, 7) is 0. The van der Waals surface area contributed by atoms with E-state index in [0.29, 0.717) is 22.3 Å². The van der Waals surface area contributed by atoms with Crippen molar-refractivity contribution in [3.05, 3.63) is 42.0 Å². The summed E-state index contributed by atoms with van der Waals surface area (Å²) in [6, 6.07) is 12.4. The maximum atomic E-state index is 8.72. The molecule has 0 saturated carbocycles. The largest absolute Gasteiger partial charge is 0.439 e. The molecule has 1 aromatic carbocycles. The van der Waals surface area contributed by atoms with Crippen molar-refractivity contribution in [1.29, 1.82) is 5.26 Å². The van der Waals surface area contributed by atoms with E-state index in [1.165, 1.54) is 11.3 Å². The Balaban J connectivity index is 1.89. The van der Waals surface area contributed by atoms with Gasteiger partial charge in [-0.25, -0.2) is 9.97 Å². The van der Waals surface area contributed by atoms with E-state index in [2.05, 4.69) is 16.0 Å². The van der Waals surface area contributed by atoms with Crippen LogP contribution in [0, 0.1) is 11.3 Å². The van der Waals surface area contributed by atoms with Crippen molar-refractivity contribution >= 4 is 26.8 Å². The number of thiazole rings is 1. The molecule has 0 saturated heterocycles. The van der Waals surface area contributed by atoms with Gasteiger partial charge in [-0.1, -0.05) is 11.3 Å². The van der Waals surface area contributed by atoms with Gasteiger partial charge < -0.3 is 10.5 Å². The van der Waals surface area contributed by atoms with Gasteiger partial charge in [0.15, 0.2) is 5.13 Å². The Morgan fingerprint density at radius 3 is 2.63 bits per heavy atom. The summed E-state index contributed by atoms with van der Waals surface area (Å²) in [6.07, 6.45) is 0. The molecule has 3 aromatic rings. The van der Waals surface area contributed by atoms with E-state index in [0.717, 1.165) is 10.3 Å². The van der Waals surface area contributed by atoms with Gasteiger partial charge in [0.1, 0.15) is 16.1 Å². The van der Waals surface area contributed by atoms with Crippen LogP contribution < -0.4 is 10.5 Å². The van der Waals surface area contributed by atoms with Crippen molar-refractivity contribution in [2.45, 2.75) is 0 Å². The second-order valence-electron chi connectivity index (χ2n) is 3.76.